The molecule has 5 rings (SSSR count). The van der Waals surface area contributed by atoms with Crippen LogP contribution in [0.2, 0.25) is 0 Å². The SMILES string of the molecule is O=C(CN(C1CCCCC1)S(=O)(=O)c1ccc2ccccc2c1)N(Cc1ccccc1)Cc1cccs1. The summed E-state index contributed by atoms with van der Waals surface area (Å²) in [7, 11) is -3.87. The van der Waals surface area contributed by atoms with E-state index in [2.05, 4.69) is 0 Å². The van der Waals surface area contributed by atoms with Gasteiger partial charge in [-0.2, -0.15) is 4.31 Å². The summed E-state index contributed by atoms with van der Waals surface area (Å²) in [5, 5.41) is 3.87. The van der Waals surface area contributed by atoms with Gasteiger partial charge in [-0.3, -0.25) is 4.79 Å². The third-order valence-corrected chi connectivity index (χ3v) is 9.85. The van der Waals surface area contributed by atoms with Crippen LogP contribution in [0.3, 0.4) is 0 Å². The number of fused-ring (bicyclic) bond motifs is 1. The van der Waals surface area contributed by atoms with Crippen molar-refractivity contribution in [3.8, 4) is 0 Å². The standard InChI is InChI=1S/C30H32N2O3S2/c33-30(31(22-28-16-9-19-36-28)21-24-10-3-1-4-11-24)23-32(27-14-5-2-6-15-27)37(34,35)29-18-17-25-12-7-8-13-26(25)20-29/h1,3-4,7-13,16-20,27H,2,5-6,14-15,21-23H2. The fourth-order valence-corrected chi connectivity index (χ4v) is 7.49. The van der Waals surface area contributed by atoms with Gasteiger partial charge in [0.25, 0.3) is 0 Å². The Bertz CT molecular complexity index is 1430. The van der Waals surface area contributed by atoms with Crippen LogP contribution in [-0.4, -0.2) is 36.1 Å². The lowest BCUT2D eigenvalue weighted by Crippen LogP contribution is -2.47. The van der Waals surface area contributed by atoms with Gasteiger partial charge in [-0.1, -0.05) is 86.0 Å². The molecular formula is C30H32N2O3S2. The van der Waals surface area contributed by atoms with E-state index in [0.29, 0.717) is 13.1 Å². The number of thiophene rings is 1. The van der Waals surface area contributed by atoms with Gasteiger partial charge >= 0.3 is 0 Å². The van der Waals surface area contributed by atoms with Gasteiger partial charge in [-0.05, 0) is 52.8 Å². The Balaban J connectivity index is 1.46. The zero-order chi connectivity index (χ0) is 25.7. The zero-order valence-corrected chi connectivity index (χ0v) is 22.5. The van der Waals surface area contributed by atoms with E-state index in [1.807, 2.05) is 78.2 Å². The Labute approximate surface area is 223 Å². The lowest BCUT2D eigenvalue weighted by Gasteiger charge is -2.34. The number of nitrogens with zero attached hydrogens (tertiary/aromatic N) is 2. The zero-order valence-electron chi connectivity index (χ0n) is 20.8. The monoisotopic (exact) mass is 532 g/mol. The van der Waals surface area contributed by atoms with Crippen molar-refractivity contribution < 1.29 is 13.2 Å². The smallest absolute Gasteiger partial charge is 0.243 e. The first kappa shape index (κ1) is 25.6. The number of carbonyl (C=O) groups excluding carboxylic acids is 1. The highest BCUT2D eigenvalue weighted by atomic mass is 32.2. The molecule has 1 saturated carbocycles. The van der Waals surface area contributed by atoms with Crippen LogP contribution in [0.25, 0.3) is 10.8 Å². The highest BCUT2D eigenvalue weighted by Gasteiger charge is 2.35. The Hall–Kier alpha value is -3.00. The quantitative estimate of drug-likeness (QED) is 0.249. The molecule has 1 heterocycles. The largest absolute Gasteiger partial charge is 0.332 e. The molecule has 4 aromatic rings. The normalized spacial score (nSPS) is 14.7. The predicted molar refractivity (Wildman–Crippen MR) is 150 cm³/mol. The van der Waals surface area contributed by atoms with E-state index >= 15 is 0 Å². The summed E-state index contributed by atoms with van der Waals surface area (Å²) in [5.41, 5.74) is 1.02. The van der Waals surface area contributed by atoms with Gasteiger partial charge in [0.15, 0.2) is 0 Å². The molecular weight excluding hydrogens is 500 g/mol. The third kappa shape index (κ3) is 6.12. The lowest BCUT2D eigenvalue weighted by atomic mass is 9.95. The number of benzene rings is 3. The van der Waals surface area contributed by atoms with Crippen molar-refractivity contribution in [1.82, 2.24) is 9.21 Å². The van der Waals surface area contributed by atoms with Crippen molar-refractivity contribution in [1.29, 1.82) is 0 Å². The van der Waals surface area contributed by atoms with E-state index in [0.717, 1.165) is 53.3 Å². The average molecular weight is 533 g/mol. The summed E-state index contributed by atoms with van der Waals surface area (Å²) in [5.74, 6) is -0.174. The van der Waals surface area contributed by atoms with Crippen molar-refractivity contribution in [2.24, 2.45) is 0 Å². The summed E-state index contributed by atoms with van der Waals surface area (Å²) in [6.45, 7) is 0.740. The second kappa shape index (κ2) is 11.6. The van der Waals surface area contributed by atoms with Crippen LogP contribution in [0.4, 0.5) is 0 Å². The molecule has 5 nitrogen and oxygen atoms in total. The minimum absolute atomic E-state index is 0.155. The number of amides is 1. The van der Waals surface area contributed by atoms with E-state index in [4.69, 9.17) is 0 Å². The second-order valence-corrected chi connectivity index (χ2v) is 12.6. The molecule has 1 fully saturated rings. The van der Waals surface area contributed by atoms with Crippen LogP contribution in [0, 0.1) is 0 Å². The molecule has 0 bridgehead atoms. The van der Waals surface area contributed by atoms with Gasteiger partial charge in [-0.15, -0.1) is 11.3 Å². The summed E-state index contributed by atoms with van der Waals surface area (Å²) in [6, 6.07) is 26.7. The predicted octanol–water partition coefficient (Wildman–Crippen LogP) is 6.45. The molecule has 37 heavy (non-hydrogen) atoms. The fourth-order valence-electron chi connectivity index (χ4n) is 5.10. The maximum Gasteiger partial charge on any atom is 0.243 e. The Morgan fingerprint density at radius 1 is 0.811 bits per heavy atom. The van der Waals surface area contributed by atoms with Crippen molar-refractivity contribution in [2.45, 2.75) is 56.1 Å². The van der Waals surface area contributed by atoms with Crippen LogP contribution >= 0.6 is 11.3 Å². The number of sulfonamides is 1. The third-order valence-electron chi connectivity index (χ3n) is 7.10. The van der Waals surface area contributed by atoms with Gasteiger partial charge in [0.05, 0.1) is 18.0 Å². The van der Waals surface area contributed by atoms with Gasteiger partial charge in [-0.25, -0.2) is 8.42 Å². The Morgan fingerprint density at radius 3 is 2.27 bits per heavy atom. The highest BCUT2D eigenvalue weighted by Crippen LogP contribution is 2.30. The topological polar surface area (TPSA) is 57.7 Å². The van der Waals surface area contributed by atoms with E-state index < -0.39 is 10.0 Å². The van der Waals surface area contributed by atoms with E-state index in [1.54, 1.807) is 28.4 Å². The summed E-state index contributed by atoms with van der Waals surface area (Å²) < 4.78 is 29.6. The molecule has 0 radical (unpaired) electrons. The maximum absolute atomic E-state index is 14.1. The maximum atomic E-state index is 14.1. The molecule has 1 amide bonds. The molecule has 0 atom stereocenters. The molecule has 1 aromatic heterocycles. The van der Waals surface area contributed by atoms with Gasteiger partial charge in [0, 0.05) is 17.5 Å². The van der Waals surface area contributed by atoms with Crippen molar-refractivity contribution in [2.75, 3.05) is 6.54 Å². The number of rotatable bonds is 9. The Kier molecular flexibility index (Phi) is 8.03. The Morgan fingerprint density at radius 2 is 1.54 bits per heavy atom. The van der Waals surface area contributed by atoms with Crippen molar-refractivity contribution in [3.63, 3.8) is 0 Å². The fraction of sp³-hybridized carbons (Fsp3) is 0.300. The molecule has 0 unspecified atom stereocenters. The van der Waals surface area contributed by atoms with Gasteiger partial charge < -0.3 is 4.90 Å². The molecule has 0 spiro atoms. The molecule has 7 heteroatoms. The van der Waals surface area contributed by atoms with Crippen LogP contribution in [0.1, 0.15) is 42.5 Å². The first-order valence-corrected chi connectivity index (χ1v) is 15.2. The van der Waals surface area contributed by atoms with E-state index in [1.165, 1.54) is 4.31 Å². The van der Waals surface area contributed by atoms with Crippen LogP contribution < -0.4 is 0 Å². The first-order valence-electron chi connectivity index (χ1n) is 12.9. The van der Waals surface area contributed by atoms with Crippen LogP contribution in [-0.2, 0) is 27.9 Å². The van der Waals surface area contributed by atoms with Gasteiger partial charge in [0.1, 0.15) is 0 Å². The van der Waals surface area contributed by atoms with Gasteiger partial charge in [0.2, 0.25) is 15.9 Å². The van der Waals surface area contributed by atoms with E-state index in [-0.39, 0.29) is 23.4 Å². The molecule has 0 saturated heterocycles. The molecule has 3 aromatic carbocycles. The second-order valence-electron chi connectivity index (χ2n) is 9.67. The number of carbonyl (C=O) groups is 1. The number of hydrogen-bond acceptors (Lipinski definition) is 4. The van der Waals surface area contributed by atoms with Crippen LogP contribution in [0.5, 0.6) is 0 Å². The molecule has 1 aliphatic carbocycles. The minimum atomic E-state index is -3.87. The summed E-state index contributed by atoms with van der Waals surface area (Å²) in [4.78, 5) is 16.9. The first-order chi connectivity index (χ1) is 18.0. The van der Waals surface area contributed by atoms with E-state index in [9.17, 15) is 13.2 Å². The highest BCUT2D eigenvalue weighted by molar-refractivity contribution is 7.89. The summed E-state index contributed by atoms with van der Waals surface area (Å²) in [6.07, 6.45) is 4.62. The molecule has 192 valence electrons. The lowest BCUT2D eigenvalue weighted by molar-refractivity contribution is -0.133. The summed E-state index contributed by atoms with van der Waals surface area (Å²) >= 11 is 1.60. The molecule has 0 N–H and O–H groups in total. The van der Waals surface area contributed by atoms with Crippen molar-refractivity contribution >= 4 is 38.0 Å². The van der Waals surface area contributed by atoms with Crippen LogP contribution in [0.15, 0.2) is 95.2 Å². The number of hydrogen-bond donors (Lipinski definition) is 0. The molecule has 0 aliphatic heterocycles. The average Bonchev–Trinajstić information content (AvgIpc) is 3.45. The minimum Gasteiger partial charge on any atom is -0.332 e. The van der Waals surface area contributed by atoms with Crippen molar-refractivity contribution in [3.05, 3.63) is 101 Å². The molecule has 1 aliphatic rings.